The highest BCUT2D eigenvalue weighted by Gasteiger charge is 2.61. The molecule has 1 aromatic heterocycles. The number of aromatic hydroxyl groups is 3. The predicted molar refractivity (Wildman–Crippen MR) is 348 cm³/mol. The molecule has 6 atom stereocenters. The quantitative estimate of drug-likeness (QED) is 0.0286. The van der Waals surface area contributed by atoms with Crippen LogP contribution in [-0.4, -0.2) is 81.9 Å². The molecule has 87 heavy (non-hydrogen) atoms. The van der Waals surface area contributed by atoms with Crippen LogP contribution in [0.4, 0.5) is 0 Å². The molecule has 6 unspecified atom stereocenters. The molecule has 4 aromatic rings. The van der Waals surface area contributed by atoms with Gasteiger partial charge >= 0.3 is 35.0 Å². The molecule has 0 spiro atoms. The van der Waals surface area contributed by atoms with Gasteiger partial charge in [0.05, 0.1) is 19.8 Å². The van der Waals surface area contributed by atoms with Gasteiger partial charge in [-0.3, -0.25) is 0 Å². The number of esters is 3. The van der Waals surface area contributed by atoms with Gasteiger partial charge in [0, 0.05) is 19.3 Å². The van der Waals surface area contributed by atoms with E-state index in [0.717, 1.165) is 0 Å². The van der Waals surface area contributed by atoms with Crippen LogP contribution < -0.4 is 17.1 Å². The number of carbonyl (C=O) groups excluding carboxylic acids is 3. The first-order valence-corrected chi connectivity index (χ1v) is 31.5. The SMILES string of the molecule is CCCOC(=O)C(CC)(C(OC(=S)CC)c1ccc(O)c(C(C)(C)C)c1)n1c(=O)n(C(CC)(C(=O)OCCC)C(OC(=S)CC)c2ccc(O)c(C(C)(C)C)c2)c(=O)n(C(CC)(C(=O)OCCC)C(OC(=S)CC)c2ccc(O)c(C(C)(C)C)c2)c1=O. The molecule has 0 amide bonds. The molecule has 0 radical (unpaired) electrons. The van der Waals surface area contributed by atoms with Gasteiger partial charge in [-0.2, -0.15) is 0 Å². The normalized spacial score (nSPS) is 15.1. The Labute approximate surface area is 528 Å². The summed E-state index contributed by atoms with van der Waals surface area (Å²) in [6.07, 6.45) is -6.37. The van der Waals surface area contributed by atoms with E-state index in [1.807, 2.05) is 62.3 Å². The van der Waals surface area contributed by atoms with E-state index >= 15 is 28.8 Å². The van der Waals surface area contributed by atoms with Crippen molar-refractivity contribution in [1.82, 2.24) is 13.7 Å². The van der Waals surface area contributed by atoms with E-state index in [0.29, 0.717) is 30.4 Å². The number of hydrogen-bond acceptors (Lipinski definition) is 18. The number of aromatic nitrogens is 3. The maximum absolute atomic E-state index is 17.3. The van der Waals surface area contributed by atoms with Crippen molar-refractivity contribution in [2.24, 2.45) is 0 Å². The molecule has 0 saturated heterocycles. The Morgan fingerprint density at radius 1 is 0.414 bits per heavy atom. The number of carbonyl (C=O) groups is 3. The Balaban J connectivity index is 2.79. The second kappa shape index (κ2) is 29.7. The average Bonchev–Trinajstić information content (AvgIpc) is 0.699. The van der Waals surface area contributed by atoms with E-state index in [1.54, 1.807) is 59.7 Å². The van der Waals surface area contributed by atoms with Crippen molar-refractivity contribution in [2.45, 2.75) is 234 Å². The summed E-state index contributed by atoms with van der Waals surface area (Å²) in [5.74, 6) is -4.10. The van der Waals surface area contributed by atoms with Crippen molar-refractivity contribution in [3.8, 4) is 17.2 Å². The molecule has 0 saturated carbocycles. The standard InChI is InChI=1S/C66H93N3O15S3/c1-19-34-79-55(73)64(25-7,52(82-49(85)22-4)40-28-31-46(70)43(37-40)61(10,11)12)67-58(76)68(65(26-8,56(74)80-35-20-2)53(83-50(86)23-5)41-29-32-47(71)44(38-41)62(13,14)15)60(78)69(59(67)77)66(27-9,57(75)81-36-21-3)54(84-51(87)24-6)42-30-33-48(72)45(39-42)63(16,17)18/h28-33,37-39,52-54,70-72H,19-27,34-36H2,1-18H3. The number of nitrogens with zero attached hydrogens (tertiary/aromatic N) is 3. The van der Waals surface area contributed by atoms with Crippen LogP contribution in [-0.2, 0) is 75.7 Å². The van der Waals surface area contributed by atoms with E-state index in [4.69, 9.17) is 65.1 Å². The summed E-state index contributed by atoms with van der Waals surface area (Å²) >= 11 is 17.6. The molecule has 0 aliphatic heterocycles. The van der Waals surface area contributed by atoms with E-state index in [9.17, 15) is 15.3 Å². The number of hydrogen-bond donors (Lipinski definition) is 3. The van der Waals surface area contributed by atoms with Crippen LogP contribution in [0.5, 0.6) is 17.2 Å². The van der Waals surface area contributed by atoms with E-state index < -0.39 is 105 Å². The van der Waals surface area contributed by atoms with Gasteiger partial charge in [-0.15, -0.1) is 0 Å². The van der Waals surface area contributed by atoms with Gasteiger partial charge in [-0.05, 0) is 161 Å². The highest BCUT2D eigenvalue weighted by Crippen LogP contribution is 2.47. The van der Waals surface area contributed by atoms with Gasteiger partial charge in [-0.25, -0.2) is 42.5 Å². The zero-order valence-corrected chi connectivity index (χ0v) is 56.7. The minimum absolute atomic E-state index is 0.0575. The fourth-order valence-electron chi connectivity index (χ4n) is 10.9. The second-order valence-corrected chi connectivity index (χ2v) is 26.2. The lowest BCUT2D eigenvalue weighted by Crippen LogP contribution is -2.72. The zero-order valence-electron chi connectivity index (χ0n) is 54.2. The van der Waals surface area contributed by atoms with Gasteiger partial charge < -0.3 is 43.7 Å². The lowest BCUT2D eigenvalue weighted by atomic mass is 9.79. The third-order valence-corrected chi connectivity index (χ3v) is 16.8. The molecule has 1 heterocycles. The zero-order chi connectivity index (χ0) is 65.9. The summed E-state index contributed by atoms with van der Waals surface area (Å²) < 4.78 is 40.2. The summed E-state index contributed by atoms with van der Waals surface area (Å²) in [4.78, 5) is 101. The van der Waals surface area contributed by atoms with Crippen molar-refractivity contribution in [3.63, 3.8) is 0 Å². The maximum atomic E-state index is 17.3. The fraction of sp³-hybridized carbons (Fsp3) is 0.591. The Hall–Kier alpha value is -6.45. The fourth-order valence-corrected chi connectivity index (χ4v) is 11.1. The van der Waals surface area contributed by atoms with Gasteiger partial charge in [0.2, 0.25) is 0 Å². The van der Waals surface area contributed by atoms with E-state index in [1.165, 1.54) is 57.2 Å². The van der Waals surface area contributed by atoms with Gasteiger partial charge in [-0.1, -0.05) is 143 Å². The van der Waals surface area contributed by atoms with Crippen molar-refractivity contribution in [3.05, 3.63) is 119 Å². The van der Waals surface area contributed by atoms with Gasteiger partial charge in [0.1, 0.15) is 17.2 Å². The van der Waals surface area contributed by atoms with Crippen LogP contribution in [0.1, 0.15) is 234 Å². The smallest absolute Gasteiger partial charge is 0.338 e. The van der Waals surface area contributed by atoms with Crippen LogP contribution in [0, 0.1) is 0 Å². The molecular formula is C66H93N3O15S3. The first kappa shape index (κ1) is 73.0. The lowest BCUT2D eigenvalue weighted by molar-refractivity contribution is -0.166. The van der Waals surface area contributed by atoms with Crippen LogP contribution in [0.3, 0.4) is 0 Å². The van der Waals surface area contributed by atoms with Gasteiger partial charge in [0.25, 0.3) is 0 Å². The first-order valence-electron chi connectivity index (χ1n) is 30.2. The number of benzene rings is 3. The van der Waals surface area contributed by atoms with E-state index in [-0.39, 0.29) is 107 Å². The molecule has 21 heteroatoms. The second-order valence-electron chi connectivity index (χ2n) is 24.8. The highest BCUT2D eigenvalue weighted by molar-refractivity contribution is 7.80. The van der Waals surface area contributed by atoms with Crippen LogP contribution in [0.25, 0.3) is 0 Å². The van der Waals surface area contributed by atoms with Crippen molar-refractivity contribution >= 4 is 69.7 Å². The third-order valence-electron chi connectivity index (χ3n) is 15.6. The highest BCUT2D eigenvalue weighted by atomic mass is 32.1. The molecule has 480 valence electrons. The van der Waals surface area contributed by atoms with E-state index in [2.05, 4.69) is 0 Å². The van der Waals surface area contributed by atoms with Crippen molar-refractivity contribution in [1.29, 1.82) is 0 Å². The molecule has 0 aliphatic rings. The summed E-state index contributed by atoms with van der Waals surface area (Å²) in [7, 11) is 0. The Morgan fingerprint density at radius 2 is 0.632 bits per heavy atom. The molecular weight excluding hydrogens is 1170 g/mol. The summed E-state index contributed by atoms with van der Waals surface area (Å²) in [5, 5.41) is 34.1. The predicted octanol–water partition coefficient (Wildman–Crippen LogP) is 12.8. The Kier molecular flexibility index (Phi) is 24.9. The van der Waals surface area contributed by atoms with Crippen molar-refractivity contribution < 1.29 is 58.1 Å². The summed E-state index contributed by atoms with van der Waals surface area (Å²) in [6.45, 7) is 30.5. The molecule has 18 nitrogen and oxygen atoms in total. The molecule has 0 fully saturated rings. The maximum Gasteiger partial charge on any atom is 0.338 e. The molecule has 3 N–H and O–H groups in total. The monoisotopic (exact) mass is 1260 g/mol. The topological polar surface area (TPSA) is 233 Å². The molecule has 0 bridgehead atoms. The Morgan fingerprint density at radius 3 is 0.805 bits per heavy atom. The molecule has 4 rings (SSSR count). The average molecular weight is 1260 g/mol. The minimum Gasteiger partial charge on any atom is -0.508 e. The van der Waals surface area contributed by atoms with Gasteiger partial charge in [0.15, 0.2) is 50.1 Å². The Bertz CT molecular complexity index is 2970. The number of rotatable bonds is 27. The summed E-state index contributed by atoms with van der Waals surface area (Å²) in [5.41, 5.74) is -14.2. The number of thiocarbonyl (C=S) groups is 3. The number of ether oxygens (including phenoxy) is 6. The van der Waals surface area contributed by atoms with Crippen LogP contribution >= 0.6 is 36.7 Å². The largest absolute Gasteiger partial charge is 0.508 e. The third kappa shape index (κ3) is 14.8. The summed E-state index contributed by atoms with van der Waals surface area (Å²) in [6, 6.07) is 13.2. The van der Waals surface area contributed by atoms with Crippen LogP contribution in [0.15, 0.2) is 69.0 Å². The first-order chi connectivity index (χ1) is 40.6. The molecule has 3 aromatic carbocycles. The number of phenols is 3. The molecule has 0 aliphatic carbocycles. The number of phenolic OH excluding ortho intramolecular Hbond substituents is 3. The lowest BCUT2D eigenvalue weighted by Gasteiger charge is -2.44. The minimum atomic E-state index is -2.80. The van der Waals surface area contributed by atoms with Crippen molar-refractivity contribution in [2.75, 3.05) is 19.8 Å². The van der Waals surface area contributed by atoms with Crippen LogP contribution in [0.2, 0.25) is 0 Å².